The molecule has 2 aromatic carbocycles. The maximum Gasteiger partial charge on any atom is 0.357 e. The van der Waals surface area contributed by atoms with Crippen molar-refractivity contribution in [2.75, 3.05) is 5.32 Å². The molecule has 0 aromatic heterocycles. The third kappa shape index (κ3) is 4.07. The van der Waals surface area contributed by atoms with Crippen molar-refractivity contribution in [3.8, 4) is 11.1 Å². The van der Waals surface area contributed by atoms with E-state index in [1.54, 1.807) is 30.3 Å². The Morgan fingerprint density at radius 3 is 2.26 bits per heavy atom. The van der Waals surface area contributed by atoms with Gasteiger partial charge in [-0.05, 0) is 29.8 Å². The van der Waals surface area contributed by atoms with Gasteiger partial charge in [0.05, 0.1) is 5.02 Å². The number of hydrogen-bond donors (Lipinski definition) is 5. The Morgan fingerprint density at radius 2 is 1.74 bits per heavy atom. The van der Waals surface area contributed by atoms with Gasteiger partial charge in [0, 0.05) is 16.3 Å². The minimum atomic E-state index is -1.28. The van der Waals surface area contributed by atoms with Gasteiger partial charge in [0.25, 0.3) is 0 Å². The minimum Gasteiger partial charge on any atom is -0.476 e. The first-order valence-electron chi connectivity index (χ1n) is 6.44. The highest BCUT2D eigenvalue weighted by Gasteiger charge is 2.12. The number of nitrogens with two attached hydrogens (primary N) is 2. The molecule has 7 N–H and O–H groups in total. The summed E-state index contributed by atoms with van der Waals surface area (Å²) < 4.78 is 0. The number of carbonyl (C=O) groups is 1. The molecule has 2 rings (SSSR count). The SMILES string of the molecule is NN/C(C(=O)O)=C(\N)Nc1ccc(-c2ccc(Cl)cc2)c(Cl)c1. The Balaban J connectivity index is 2.29. The van der Waals surface area contributed by atoms with Crippen LogP contribution in [0.4, 0.5) is 5.69 Å². The number of carboxylic acid groups (broad SMARTS) is 1. The largest absolute Gasteiger partial charge is 0.476 e. The second-order valence-corrected chi connectivity index (χ2v) is 5.41. The van der Waals surface area contributed by atoms with Gasteiger partial charge in [0.15, 0.2) is 5.70 Å². The maximum absolute atomic E-state index is 10.9. The van der Waals surface area contributed by atoms with Crippen LogP contribution in [0.25, 0.3) is 11.1 Å². The van der Waals surface area contributed by atoms with Crippen LogP contribution < -0.4 is 22.3 Å². The van der Waals surface area contributed by atoms with Crippen LogP contribution in [-0.2, 0) is 4.79 Å². The average molecular weight is 353 g/mol. The first-order valence-corrected chi connectivity index (χ1v) is 7.20. The van der Waals surface area contributed by atoms with Crippen LogP contribution in [0.15, 0.2) is 54.0 Å². The van der Waals surface area contributed by atoms with Crippen LogP contribution in [0.5, 0.6) is 0 Å². The summed E-state index contributed by atoms with van der Waals surface area (Å²) in [7, 11) is 0. The van der Waals surface area contributed by atoms with Crippen LogP contribution >= 0.6 is 23.2 Å². The fraction of sp³-hybridized carbons (Fsp3) is 0. The van der Waals surface area contributed by atoms with Crippen LogP contribution in [-0.4, -0.2) is 11.1 Å². The lowest BCUT2D eigenvalue weighted by Crippen LogP contribution is -2.32. The van der Waals surface area contributed by atoms with Crippen molar-refractivity contribution in [2.24, 2.45) is 11.6 Å². The number of anilines is 1. The van der Waals surface area contributed by atoms with Gasteiger partial charge >= 0.3 is 5.97 Å². The average Bonchev–Trinajstić information content (AvgIpc) is 2.49. The molecule has 8 heteroatoms. The lowest BCUT2D eigenvalue weighted by atomic mass is 10.1. The van der Waals surface area contributed by atoms with Gasteiger partial charge in [-0.2, -0.15) is 0 Å². The summed E-state index contributed by atoms with van der Waals surface area (Å²) in [5.74, 6) is 3.72. The Morgan fingerprint density at radius 1 is 1.09 bits per heavy atom. The number of rotatable bonds is 5. The molecule has 0 aliphatic heterocycles. The van der Waals surface area contributed by atoms with Crippen molar-refractivity contribution in [2.45, 2.75) is 0 Å². The Hall–Kier alpha value is -2.41. The van der Waals surface area contributed by atoms with Gasteiger partial charge in [0.2, 0.25) is 0 Å². The van der Waals surface area contributed by atoms with Crippen LogP contribution in [0.3, 0.4) is 0 Å². The smallest absolute Gasteiger partial charge is 0.357 e. The molecule has 0 aliphatic carbocycles. The van der Waals surface area contributed by atoms with Crippen molar-refractivity contribution >= 4 is 34.9 Å². The first kappa shape index (κ1) is 17.0. The second kappa shape index (κ2) is 7.23. The molecule has 23 heavy (non-hydrogen) atoms. The van der Waals surface area contributed by atoms with Crippen LogP contribution in [0.2, 0.25) is 10.0 Å². The number of hydrogen-bond acceptors (Lipinski definition) is 5. The van der Waals surface area contributed by atoms with E-state index in [4.69, 9.17) is 39.9 Å². The van der Waals surface area contributed by atoms with Crippen molar-refractivity contribution in [3.63, 3.8) is 0 Å². The Bertz CT molecular complexity index is 761. The summed E-state index contributed by atoms with van der Waals surface area (Å²) in [6.07, 6.45) is 0. The maximum atomic E-state index is 10.9. The van der Waals surface area contributed by atoms with E-state index in [0.29, 0.717) is 15.7 Å². The van der Waals surface area contributed by atoms with E-state index >= 15 is 0 Å². The lowest BCUT2D eigenvalue weighted by Gasteiger charge is -2.12. The van der Waals surface area contributed by atoms with Crippen molar-refractivity contribution in [1.82, 2.24) is 5.43 Å². The number of nitrogens with one attached hydrogen (secondary N) is 2. The normalized spacial score (nSPS) is 11.6. The van der Waals surface area contributed by atoms with Crippen LogP contribution in [0.1, 0.15) is 0 Å². The summed E-state index contributed by atoms with van der Waals surface area (Å²) in [4.78, 5) is 10.9. The van der Waals surface area contributed by atoms with Gasteiger partial charge in [-0.3, -0.25) is 5.84 Å². The topological polar surface area (TPSA) is 113 Å². The molecule has 0 spiro atoms. The number of benzene rings is 2. The van der Waals surface area contributed by atoms with E-state index in [9.17, 15) is 4.79 Å². The number of hydrazine groups is 1. The minimum absolute atomic E-state index is 0.129. The molecule has 0 atom stereocenters. The van der Waals surface area contributed by atoms with Crippen LogP contribution in [0, 0.1) is 0 Å². The molecule has 2 aromatic rings. The molecule has 120 valence electrons. The summed E-state index contributed by atoms with van der Waals surface area (Å²) in [6, 6.07) is 12.4. The summed E-state index contributed by atoms with van der Waals surface area (Å²) in [5.41, 5.74) is 9.59. The highest BCUT2D eigenvalue weighted by atomic mass is 35.5. The molecule has 0 amide bonds. The fourth-order valence-electron chi connectivity index (χ4n) is 1.93. The zero-order valence-electron chi connectivity index (χ0n) is 11.8. The molecular weight excluding hydrogens is 339 g/mol. The second-order valence-electron chi connectivity index (χ2n) is 4.56. The molecule has 0 saturated heterocycles. The third-order valence-corrected chi connectivity index (χ3v) is 3.60. The quantitative estimate of drug-likeness (QED) is 0.321. The highest BCUT2D eigenvalue weighted by molar-refractivity contribution is 6.33. The van der Waals surface area contributed by atoms with E-state index in [1.807, 2.05) is 17.6 Å². The zero-order chi connectivity index (χ0) is 17.0. The number of carboxylic acids is 1. The van der Waals surface area contributed by atoms with Gasteiger partial charge in [0.1, 0.15) is 5.82 Å². The number of halogens is 2. The van der Waals surface area contributed by atoms with Gasteiger partial charge < -0.3 is 21.6 Å². The predicted molar refractivity (Wildman–Crippen MR) is 91.7 cm³/mol. The van der Waals surface area contributed by atoms with E-state index in [-0.39, 0.29) is 11.5 Å². The van der Waals surface area contributed by atoms with Crippen molar-refractivity contribution < 1.29 is 9.90 Å². The Labute approximate surface area is 142 Å². The molecule has 0 heterocycles. The molecular formula is C15H14Cl2N4O2. The molecule has 0 aliphatic rings. The summed E-state index contributed by atoms with van der Waals surface area (Å²) >= 11 is 12.1. The monoisotopic (exact) mass is 352 g/mol. The third-order valence-electron chi connectivity index (χ3n) is 3.03. The van der Waals surface area contributed by atoms with E-state index in [1.165, 1.54) is 0 Å². The van der Waals surface area contributed by atoms with E-state index in [0.717, 1.165) is 11.1 Å². The lowest BCUT2D eigenvalue weighted by molar-refractivity contribution is -0.133. The summed E-state index contributed by atoms with van der Waals surface area (Å²) in [6.45, 7) is 0. The molecule has 0 unspecified atom stereocenters. The molecule has 0 saturated carbocycles. The summed E-state index contributed by atoms with van der Waals surface area (Å²) in [5, 5.41) is 12.8. The zero-order valence-corrected chi connectivity index (χ0v) is 13.3. The molecule has 0 radical (unpaired) electrons. The van der Waals surface area contributed by atoms with Crippen molar-refractivity contribution in [1.29, 1.82) is 0 Å². The van der Waals surface area contributed by atoms with Gasteiger partial charge in [-0.1, -0.05) is 41.4 Å². The first-order chi connectivity index (χ1) is 10.9. The molecule has 0 bridgehead atoms. The number of aliphatic carboxylic acids is 1. The van der Waals surface area contributed by atoms with Gasteiger partial charge in [-0.25, -0.2) is 4.79 Å². The van der Waals surface area contributed by atoms with E-state index in [2.05, 4.69) is 5.32 Å². The molecule has 6 nitrogen and oxygen atoms in total. The highest BCUT2D eigenvalue weighted by Crippen LogP contribution is 2.31. The standard InChI is InChI=1S/C15H14Cl2N4O2/c16-9-3-1-8(2-4-9)11-6-5-10(7-12(11)17)20-14(18)13(21-19)15(22)23/h1-7,20-21H,18-19H2,(H,22,23)/b14-13+. The Kier molecular flexibility index (Phi) is 5.33. The fourth-order valence-corrected chi connectivity index (χ4v) is 2.34. The molecule has 0 fully saturated rings. The predicted octanol–water partition coefficient (Wildman–Crippen LogP) is 2.75. The van der Waals surface area contributed by atoms with E-state index < -0.39 is 5.97 Å². The van der Waals surface area contributed by atoms with Crippen molar-refractivity contribution in [3.05, 3.63) is 64.0 Å². The van der Waals surface area contributed by atoms with Gasteiger partial charge in [-0.15, -0.1) is 0 Å².